The number of carbonyl (C=O) groups excluding carboxylic acids is 1. The largest absolute Gasteiger partial charge is 0.295 e. The van der Waals surface area contributed by atoms with E-state index in [1.54, 1.807) is 16.8 Å². The van der Waals surface area contributed by atoms with Crippen LogP contribution in [-0.2, 0) is 12.8 Å². The zero-order valence-electron chi connectivity index (χ0n) is 12.6. The van der Waals surface area contributed by atoms with E-state index in [1.165, 1.54) is 0 Å². The Morgan fingerprint density at radius 1 is 1.36 bits per heavy atom. The maximum absolute atomic E-state index is 12.2. The minimum absolute atomic E-state index is 0.0194. The Balaban J connectivity index is 2.26. The standard InChI is InChI=1S/C16H17N3O3/c1-3-11-16-13(5-4-6-15(16)20)18(17-11)12-8-7-10(2)9-14(12)19(21)22/h7-9H,3-6H2,1-2H3. The number of aryl methyl sites for hydroxylation is 2. The lowest BCUT2D eigenvalue weighted by Crippen LogP contribution is -2.14. The maximum Gasteiger partial charge on any atom is 0.295 e. The first-order valence-electron chi connectivity index (χ1n) is 7.42. The van der Waals surface area contributed by atoms with Gasteiger partial charge in [-0.2, -0.15) is 5.10 Å². The van der Waals surface area contributed by atoms with E-state index in [9.17, 15) is 14.9 Å². The molecule has 1 aromatic carbocycles. The monoisotopic (exact) mass is 299 g/mol. The highest BCUT2D eigenvalue weighted by molar-refractivity contribution is 5.99. The molecule has 1 aliphatic rings. The molecule has 3 rings (SSSR count). The smallest absolute Gasteiger partial charge is 0.294 e. The summed E-state index contributed by atoms with van der Waals surface area (Å²) in [6.07, 6.45) is 2.65. The van der Waals surface area contributed by atoms with Crippen LogP contribution in [0, 0.1) is 17.0 Å². The van der Waals surface area contributed by atoms with Crippen molar-refractivity contribution in [1.29, 1.82) is 0 Å². The molecule has 0 radical (unpaired) electrons. The van der Waals surface area contributed by atoms with Gasteiger partial charge in [0, 0.05) is 12.5 Å². The average Bonchev–Trinajstić information content (AvgIpc) is 2.87. The number of ketones is 1. The van der Waals surface area contributed by atoms with Gasteiger partial charge in [-0.3, -0.25) is 14.9 Å². The van der Waals surface area contributed by atoms with Crippen molar-refractivity contribution in [1.82, 2.24) is 9.78 Å². The molecule has 0 saturated heterocycles. The van der Waals surface area contributed by atoms with Gasteiger partial charge in [-0.1, -0.05) is 13.0 Å². The third-order valence-electron chi connectivity index (χ3n) is 4.04. The summed E-state index contributed by atoms with van der Waals surface area (Å²) < 4.78 is 1.60. The summed E-state index contributed by atoms with van der Waals surface area (Å²) in [5, 5.41) is 15.8. The van der Waals surface area contributed by atoms with E-state index in [-0.39, 0.29) is 11.5 Å². The van der Waals surface area contributed by atoms with Crippen LogP contribution in [0.2, 0.25) is 0 Å². The molecule has 22 heavy (non-hydrogen) atoms. The zero-order chi connectivity index (χ0) is 15.9. The van der Waals surface area contributed by atoms with Crippen LogP contribution in [0.1, 0.15) is 47.1 Å². The molecule has 0 saturated carbocycles. The molecule has 0 bridgehead atoms. The number of hydrogen-bond acceptors (Lipinski definition) is 4. The second kappa shape index (κ2) is 5.36. The second-order valence-electron chi connectivity index (χ2n) is 5.56. The number of nitrogens with zero attached hydrogens (tertiary/aromatic N) is 3. The van der Waals surface area contributed by atoms with Crippen molar-refractivity contribution in [2.45, 2.75) is 39.5 Å². The molecule has 1 heterocycles. The molecular formula is C16H17N3O3. The Labute approximate surface area is 127 Å². The minimum Gasteiger partial charge on any atom is -0.294 e. The van der Waals surface area contributed by atoms with E-state index >= 15 is 0 Å². The van der Waals surface area contributed by atoms with Gasteiger partial charge in [0.1, 0.15) is 5.69 Å². The van der Waals surface area contributed by atoms with Gasteiger partial charge in [-0.15, -0.1) is 0 Å². The fraction of sp³-hybridized carbons (Fsp3) is 0.375. The van der Waals surface area contributed by atoms with Crippen LogP contribution in [0.4, 0.5) is 5.69 Å². The van der Waals surface area contributed by atoms with E-state index in [0.717, 1.165) is 29.8 Å². The Morgan fingerprint density at radius 3 is 2.82 bits per heavy atom. The number of hydrogen-bond donors (Lipinski definition) is 0. The quantitative estimate of drug-likeness (QED) is 0.644. The van der Waals surface area contributed by atoms with Crippen molar-refractivity contribution < 1.29 is 9.72 Å². The lowest BCUT2D eigenvalue weighted by molar-refractivity contribution is -0.384. The number of Topliss-reactive ketones (excluding diaryl/α,β-unsaturated/α-hetero) is 1. The summed E-state index contributed by atoms with van der Waals surface area (Å²) in [6.45, 7) is 3.76. The highest BCUT2D eigenvalue weighted by Crippen LogP contribution is 2.31. The summed E-state index contributed by atoms with van der Waals surface area (Å²) in [6, 6.07) is 5.08. The Kier molecular flexibility index (Phi) is 3.52. The fourth-order valence-corrected chi connectivity index (χ4v) is 3.00. The molecule has 2 aromatic rings. The molecule has 0 spiro atoms. The number of carbonyl (C=O) groups is 1. The van der Waals surface area contributed by atoms with Gasteiger partial charge in [0.15, 0.2) is 5.78 Å². The first-order valence-corrected chi connectivity index (χ1v) is 7.42. The Morgan fingerprint density at radius 2 is 2.14 bits per heavy atom. The first-order chi connectivity index (χ1) is 10.5. The zero-order valence-corrected chi connectivity index (χ0v) is 12.6. The van der Waals surface area contributed by atoms with E-state index in [0.29, 0.717) is 24.1 Å². The molecule has 6 nitrogen and oxygen atoms in total. The van der Waals surface area contributed by atoms with E-state index in [2.05, 4.69) is 5.10 Å². The lowest BCUT2D eigenvalue weighted by Gasteiger charge is -2.13. The van der Waals surface area contributed by atoms with Gasteiger partial charge in [0.25, 0.3) is 5.69 Å². The minimum atomic E-state index is -0.396. The van der Waals surface area contributed by atoms with Gasteiger partial charge in [-0.25, -0.2) is 4.68 Å². The first kappa shape index (κ1) is 14.4. The highest BCUT2D eigenvalue weighted by atomic mass is 16.6. The topological polar surface area (TPSA) is 78.0 Å². The Bertz CT molecular complexity index is 777. The van der Waals surface area contributed by atoms with Crippen molar-refractivity contribution in [3.05, 3.63) is 50.8 Å². The molecule has 0 amide bonds. The SMILES string of the molecule is CCc1nn(-c2ccc(C)cc2[N+](=O)[O-])c2c1C(=O)CCC2. The average molecular weight is 299 g/mol. The van der Waals surface area contributed by atoms with Gasteiger partial charge < -0.3 is 0 Å². The van der Waals surface area contributed by atoms with Crippen molar-refractivity contribution >= 4 is 11.5 Å². The van der Waals surface area contributed by atoms with Crippen molar-refractivity contribution in [2.75, 3.05) is 0 Å². The molecule has 1 aliphatic carbocycles. The third-order valence-corrected chi connectivity index (χ3v) is 4.04. The number of benzene rings is 1. The maximum atomic E-state index is 12.2. The van der Waals surface area contributed by atoms with E-state index in [1.807, 2.05) is 19.9 Å². The number of aromatic nitrogens is 2. The molecule has 0 aliphatic heterocycles. The van der Waals surface area contributed by atoms with Crippen LogP contribution < -0.4 is 0 Å². The molecule has 114 valence electrons. The molecule has 1 aromatic heterocycles. The van der Waals surface area contributed by atoms with Crippen LogP contribution in [0.3, 0.4) is 0 Å². The number of nitro groups is 1. The van der Waals surface area contributed by atoms with Gasteiger partial charge in [0.2, 0.25) is 0 Å². The predicted molar refractivity (Wildman–Crippen MR) is 81.6 cm³/mol. The van der Waals surface area contributed by atoms with E-state index < -0.39 is 4.92 Å². The van der Waals surface area contributed by atoms with Gasteiger partial charge in [-0.05, 0) is 37.8 Å². The molecular weight excluding hydrogens is 282 g/mol. The molecule has 0 N–H and O–H groups in total. The van der Waals surface area contributed by atoms with Crippen LogP contribution >= 0.6 is 0 Å². The number of rotatable bonds is 3. The molecule has 0 unspecified atom stereocenters. The van der Waals surface area contributed by atoms with Crippen molar-refractivity contribution in [3.63, 3.8) is 0 Å². The van der Waals surface area contributed by atoms with Crippen LogP contribution in [0.15, 0.2) is 18.2 Å². The highest BCUT2D eigenvalue weighted by Gasteiger charge is 2.29. The summed E-state index contributed by atoms with van der Waals surface area (Å²) >= 11 is 0. The van der Waals surface area contributed by atoms with Crippen LogP contribution in [-0.4, -0.2) is 20.5 Å². The van der Waals surface area contributed by atoms with E-state index in [4.69, 9.17) is 0 Å². The van der Waals surface area contributed by atoms with Crippen molar-refractivity contribution in [2.24, 2.45) is 0 Å². The predicted octanol–water partition coefficient (Wildman–Crippen LogP) is 3.17. The lowest BCUT2D eigenvalue weighted by atomic mass is 9.93. The molecule has 6 heteroatoms. The van der Waals surface area contributed by atoms with Crippen molar-refractivity contribution in [3.8, 4) is 5.69 Å². The Hall–Kier alpha value is -2.50. The normalized spacial score (nSPS) is 14.0. The summed E-state index contributed by atoms with van der Waals surface area (Å²) in [7, 11) is 0. The second-order valence-corrected chi connectivity index (χ2v) is 5.56. The van der Waals surface area contributed by atoms with Crippen LogP contribution in [0.5, 0.6) is 0 Å². The summed E-state index contributed by atoms with van der Waals surface area (Å²) in [5.74, 6) is 0.0964. The number of fused-ring (bicyclic) bond motifs is 1. The fourth-order valence-electron chi connectivity index (χ4n) is 3.00. The molecule has 0 fully saturated rings. The molecule has 0 atom stereocenters. The van der Waals surface area contributed by atoms with Gasteiger partial charge in [0.05, 0.1) is 21.9 Å². The number of nitro benzene ring substituents is 1. The third kappa shape index (κ3) is 2.20. The summed E-state index contributed by atoms with van der Waals surface area (Å²) in [5.41, 5.74) is 3.48. The van der Waals surface area contributed by atoms with Crippen LogP contribution in [0.25, 0.3) is 5.69 Å². The van der Waals surface area contributed by atoms with Gasteiger partial charge >= 0.3 is 0 Å². The summed E-state index contributed by atoms with van der Waals surface area (Å²) in [4.78, 5) is 23.2.